The van der Waals surface area contributed by atoms with Crippen LogP contribution in [0.5, 0.6) is 5.75 Å². The highest BCUT2D eigenvalue weighted by Crippen LogP contribution is 2.28. The molecule has 0 fully saturated rings. The average molecular weight is 359 g/mol. The SMILES string of the molecule is Cc1nc(N[C@@H](C)c2ccc(O)cc2)cc(-c2ccc3occ(C)c3c2)n1. The number of hydrogen-bond donors (Lipinski definition) is 2. The molecule has 0 saturated carbocycles. The van der Waals surface area contributed by atoms with Crippen molar-refractivity contribution in [3.8, 4) is 17.0 Å². The molecule has 0 amide bonds. The van der Waals surface area contributed by atoms with Crippen molar-refractivity contribution >= 4 is 16.8 Å². The fourth-order valence-corrected chi connectivity index (χ4v) is 3.17. The van der Waals surface area contributed by atoms with Gasteiger partial charge in [0.05, 0.1) is 12.0 Å². The number of aromatic hydroxyl groups is 1. The van der Waals surface area contributed by atoms with E-state index in [0.29, 0.717) is 5.82 Å². The number of benzene rings is 2. The number of rotatable bonds is 4. The number of aryl methyl sites for hydroxylation is 2. The van der Waals surface area contributed by atoms with Crippen molar-refractivity contribution < 1.29 is 9.52 Å². The van der Waals surface area contributed by atoms with Gasteiger partial charge >= 0.3 is 0 Å². The Morgan fingerprint density at radius 1 is 1.00 bits per heavy atom. The molecule has 27 heavy (non-hydrogen) atoms. The van der Waals surface area contributed by atoms with Crippen LogP contribution in [0, 0.1) is 13.8 Å². The van der Waals surface area contributed by atoms with E-state index in [1.165, 1.54) is 0 Å². The lowest BCUT2D eigenvalue weighted by atomic mass is 10.1. The van der Waals surface area contributed by atoms with E-state index in [-0.39, 0.29) is 11.8 Å². The third kappa shape index (κ3) is 3.49. The van der Waals surface area contributed by atoms with Crippen molar-refractivity contribution in [3.63, 3.8) is 0 Å². The van der Waals surface area contributed by atoms with Crippen LogP contribution in [0.2, 0.25) is 0 Å². The third-order valence-corrected chi connectivity index (χ3v) is 4.66. The fraction of sp³-hybridized carbons (Fsp3) is 0.182. The van der Waals surface area contributed by atoms with Crippen LogP contribution in [-0.2, 0) is 0 Å². The van der Waals surface area contributed by atoms with Gasteiger partial charge in [0.15, 0.2) is 0 Å². The minimum absolute atomic E-state index is 0.0475. The number of phenols is 1. The molecule has 2 aromatic carbocycles. The van der Waals surface area contributed by atoms with Crippen molar-refractivity contribution in [3.05, 3.63) is 71.7 Å². The van der Waals surface area contributed by atoms with Crippen LogP contribution in [-0.4, -0.2) is 15.1 Å². The van der Waals surface area contributed by atoms with E-state index in [2.05, 4.69) is 28.3 Å². The molecule has 0 saturated heterocycles. The van der Waals surface area contributed by atoms with Crippen molar-refractivity contribution in [2.75, 3.05) is 5.32 Å². The maximum absolute atomic E-state index is 9.46. The van der Waals surface area contributed by atoms with Crippen LogP contribution in [0.25, 0.3) is 22.2 Å². The Balaban J connectivity index is 1.66. The quantitative estimate of drug-likeness (QED) is 0.511. The first-order valence-corrected chi connectivity index (χ1v) is 8.89. The summed E-state index contributed by atoms with van der Waals surface area (Å²) in [5.41, 5.74) is 4.95. The first kappa shape index (κ1) is 17.1. The second-order valence-electron chi connectivity index (χ2n) is 6.77. The van der Waals surface area contributed by atoms with E-state index < -0.39 is 0 Å². The molecule has 0 aliphatic heterocycles. The zero-order valence-corrected chi connectivity index (χ0v) is 15.5. The summed E-state index contributed by atoms with van der Waals surface area (Å²) in [6.07, 6.45) is 1.77. The maximum atomic E-state index is 9.46. The Labute approximate surface area is 157 Å². The van der Waals surface area contributed by atoms with E-state index >= 15 is 0 Å². The predicted octanol–water partition coefficient (Wildman–Crippen LogP) is 5.39. The van der Waals surface area contributed by atoms with Crippen LogP contribution in [0.15, 0.2) is 59.2 Å². The van der Waals surface area contributed by atoms with Gasteiger partial charge in [0, 0.05) is 23.1 Å². The summed E-state index contributed by atoms with van der Waals surface area (Å²) in [6.45, 7) is 5.99. The normalized spacial score (nSPS) is 12.3. The molecule has 2 aromatic heterocycles. The highest BCUT2D eigenvalue weighted by Gasteiger charge is 2.11. The van der Waals surface area contributed by atoms with Crippen LogP contribution in [0.4, 0.5) is 5.82 Å². The minimum Gasteiger partial charge on any atom is -0.508 e. The Hall–Kier alpha value is -3.34. The van der Waals surface area contributed by atoms with Gasteiger partial charge in [0.2, 0.25) is 0 Å². The second-order valence-corrected chi connectivity index (χ2v) is 6.77. The Morgan fingerprint density at radius 2 is 1.78 bits per heavy atom. The molecule has 0 unspecified atom stereocenters. The van der Waals surface area contributed by atoms with Gasteiger partial charge in [0.1, 0.15) is 23.0 Å². The van der Waals surface area contributed by atoms with Gasteiger partial charge in [-0.2, -0.15) is 0 Å². The van der Waals surface area contributed by atoms with Crippen LogP contribution >= 0.6 is 0 Å². The van der Waals surface area contributed by atoms with Crippen molar-refractivity contribution in [1.82, 2.24) is 9.97 Å². The van der Waals surface area contributed by atoms with Gasteiger partial charge in [-0.15, -0.1) is 0 Å². The molecule has 1 atom stereocenters. The molecule has 136 valence electrons. The highest BCUT2D eigenvalue weighted by atomic mass is 16.3. The van der Waals surface area contributed by atoms with E-state index in [4.69, 9.17) is 4.42 Å². The van der Waals surface area contributed by atoms with Crippen LogP contribution in [0.3, 0.4) is 0 Å². The molecule has 5 nitrogen and oxygen atoms in total. The topological polar surface area (TPSA) is 71.2 Å². The number of aromatic nitrogens is 2. The summed E-state index contributed by atoms with van der Waals surface area (Å²) >= 11 is 0. The standard InChI is InChI=1S/C22H21N3O2/c1-13-12-27-21-9-6-17(10-19(13)21)20-11-22(25-15(3)24-20)23-14(2)16-4-7-18(26)8-5-16/h4-12,14,26H,1-3H3,(H,23,24,25)/t14-/m0/s1. The molecule has 0 bridgehead atoms. The molecular formula is C22H21N3O2. The van der Waals surface area contributed by atoms with E-state index in [9.17, 15) is 5.11 Å². The maximum Gasteiger partial charge on any atom is 0.134 e. The minimum atomic E-state index is 0.0475. The lowest BCUT2D eigenvalue weighted by Gasteiger charge is -2.16. The molecule has 0 aliphatic carbocycles. The van der Waals surface area contributed by atoms with Gasteiger partial charge in [-0.05, 0) is 62.2 Å². The van der Waals surface area contributed by atoms with Crippen molar-refractivity contribution in [2.24, 2.45) is 0 Å². The summed E-state index contributed by atoms with van der Waals surface area (Å²) in [5.74, 6) is 1.73. The Bertz CT molecular complexity index is 1100. The monoisotopic (exact) mass is 359 g/mol. The average Bonchev–Trinajstić information content (AvgIpc) is 3.02. The molecule has 2 heterocycles. The second kappa shape index (κ2) is 6.76. The lowest BCUT2D eigenvalue weighted by molar-refractivity contribution is 0.475. The molecule has 4 aromatic rings. The summed E-state index contributed by atoms with van der Waals surface area (Å²) in [7, 11) is 0. The number of hydrogen-bond acceptors (Lipinski definition) is 5. The number of nitrogens with zero attached hydrogens (tertiary/aromatic N) is 2. The lowest BCUT2D eigenvalue weighted by Crippen LogP contribution is -2.09. The Kier molecular flexibility index (Phi) is 4.28. The van der Waals surface area contributed by atoms with Gasteiger partial charge < -0.3 is 14.8 Å². The van der Waals surface area contributed by atoms with Gasteiger partial charge in [-0.25, -0.2) is 9.97 Å². The Morgan fingerprint density at radius 3 is 2.56 bits per heavy atom. The molecule has 5 heteroatoms. The van der Waals surface area contributed by atoms with Gasteiger partial charge in [0.25, 0.3) is 0 Å². The molecular weight excluding hydrogens is 338 g/mol. The molecule has 2 N–H and O–H groups in total. The first-order chi connectivity index (χ1) is 13.0. The highest BCUT2D eigenvalue weighted by molar-refractivity contribution is 5.85. The molecule has 4 rings (SSSR count). The van der Waals surface area contributed by atoms with Crippen molar-refractivity contribution in [1.29, 1.82) is 0 Å². The smallest absolute Gasteiger partial charge is 0.134 e. The largest absolute Gasteiger partial charge is 0.508 e. The van der Waals surface area contributed by atoms with Crippen LogP contribution < -0.4 is 5.32 Å². The number of phenolic OH excluding ortho intramolecular Hbond substituents is 1. The summed E-state index contributed by atoms with van der Waals surface area (Å²) < 4.78 is 5.53. The summed E-state index contributed by atoms with van der Waals surface area (Å²) in [4.78, 5) is 9.12. The first-order valence-electron chi connectivity index (χ1n) is 8.89. The molecule has 0 radical (unpaired) electrons. The number of anilines is 1. The number of furan rings is 1. The zero-order valence-electron chi connectivity index (χ0n) is 15.5. The zero-order chi connectivity index (χ0) is 19.0. The predicted molar refractivity (Wildman–Crippen MR) is 107 cm³/mol. The van der Waals surface area contributed by atoms with Crippen LogP contribution in [0.1, 0.15) is 29.9 Å². The van der Waals surface area contributed by atoms with E-state index in [1.54, 1.807) is 18.4 Å². The fourth-order valence-electron chi connectivity index (χ4n) is 3.17. The summed E-state index contributed by atoms with van der Waals surface area (Å²) in [6, 6.07) is 15.3. The van der Waals surface area contributed by atoms with E-state index in [0.717, 1.165) is 39.2 Å². The third-order valence-electron chi connectivity index (χ3n) is 4.66. The van der Waals surface area contributed by atoms with Gasteiger partial charge in [-0.3, -0.25) is 0 Å². The van der Waals surface area contributed by atoms with Crippen molar-refractivity contribution in [2.45, 2.75) is 26.8 Å². The number of fused-ring (bicyclic) bond motifs is 1. The van der Waals surface area contributed by atoms with Gasteiger partial charge in [-0.1, -0.05) is 12.1 Å². The number of nitrogens with one attached hydrogen (secondary N) is 1. The van der Waals surface area contributed by atoms with E-state index in [1.807, 2.05) is 44.2 Å². The summed E-state index contributed by atoms with van der Waals surface area (Å²) in [5, 5.41) is 14.0. The molecule has 0 aliphatic rings. The molecule has 0 spiro atoms.